The molecule has 1 nitrogen and oxygen atoms in total. The van der Waals surface area contributed by atoms with Gasteiger partial charge in [-0.05, 0) is 36.1 Å². The van der Waals surface area contributed by atoms with Crippen LogP contribution in [-0.2, 0) is 5.41 Å². The summed E-state index contributed by atoms with van der Waals surface area (Å²) in [5, 5.41) is 0. The zero-order chi connectivity index (χ0) is 14.0. The summed E-state index contributed by atoms with van der Waals surface area (Å²) in [7, 11) is 0. The van der Waals surface area contributed by atoms with Gasteiger partial charge in [0.15, 0.2) is 0 Å². The van der Waals surface area contributed by atoms with Crippen molar-refractivity contribution in [1.29, 1.82) is 0 Å². The molecule has 0 aliphatic rings. The zero-order valence-electron chi connectivity index (χ0n) is 11.8. The van der Waals surface area contributed by atoms with Crippen LogP contribution in [0.25, 0.3) is 0 Å². The van der Waals surface area contributed by atoms with Crippen LogP contribution in [0.1, 0.15) is 31.9 Å². The van der Waals surface area contributed by atoms with Crippen molar-refractivity contribution in [3.8, 4) is 11.5 Å². The molecule has 0 saturated carbocycles. The van der Waals surface area contributed by atoms with Crippen LogP contribution in [0.2, 0.25) is 0 Å². The Hall–Kier alpha value is -1.28. The fourth-order valence-corrected chi connectivity index (χ4v) is 2.33. The average molecular weight is 319 g/mol. The number of aryl methyl sites for hydroxylation is 1. The molecule has 0 radical (unpaired) electrons. The summed E-state index contributed by atoms with van der Waals surface area (Å²) in [5.41, 5.74) is 2.40. The fraction of sp³-hybridized carbons (Fsp3) is 0.294. The van der Waals surface area contributed by atoms with Gasteiger partial charge in [0.1, 0.15) is 11.5 Å². The molecule has 0 aromatic heterocycles. The molecule has 0 heterocycles. The molecule has 0 amide bonds. The van der Waals surface area contributed by atoms with E-state index in [4.69, 9.17) is 4.74 Å². The highest BCUT2D eigenvalue weighted by Gasteiger charge is 2.19. The first-order chi connectivity index (χ1) is 8.88. The van der Waals surface area contributed by atoms with E-state index >= 15 is 0 Å². The van der Waals surface area contributed by atoms with E-state index in [1.165, 1.54) is 5.56 Å². The third kappa shape index (κ3) is 3.38. The molecule has 0 aliphatic carbocycles. The van der Waals surface area contributed by atoms with Crippen molar-refractivity contribution in [2.45, 2.75) is 33.1 Å². The maximum atomic E-state index is 6.12. The van der Waals surface area contributed by atoms with E-state index in [2.05, 4.69) is 61.8 Å². The Balaban J connectivity index is 2.45. The van der Waals surface area contributed by atoms with Gasteiger partial charge in [0.25, 0.3) is 0 Å². The summed E-state index contributed by atoms with van der Waals surface area (Å²) in [6.07, 6.45) is 0. The van der Waals surface area contributed by atoms with Crippen LogP contribution in [0, 0.1) is 6.92 Å². The minimum absolute atomic E-state index is 0.0543. The number of rotatable bonds is 2. The molecule has 0 spiro atoms. The van der Waals surface area contributed by atoms with Gasteiger partial charge in [0, 0.05) is 10.0 Å². The van der Waals surface area contributed by atoms with Crippen molar-refractivity contribution >= 4 is 15.9 Å². The maximum absolute atomic E-state index is 6.12. The van der Waals surface area contributed by atoms with Crippen molar-refractivity contribution in [3.63, 3.8) is 0 Å². The summed E-state index contributed by atoms with van der Waals surface area (Å²) in [5.74, 6) is 1.82. The molecular weight excluding hydrogens is 300 g/mol. The van der Waals surface area contributed by atoms with Crippen molar-refractivity contribution < 1.29 is 4.74 Å². The standard InChI is InChI=1S/C17H19BrO/c1-12-7-5-6-8-15(12)19-16-11-13(18)9-10-14(16)17(2,3)4/h5-11H,1-4H3. The highest BCUT2D eigenvalue weighted by Crippen LogP contribution is 2.36. The third-order valence-electron chi connectivity index (χ3n) is 3.07. The fourth-order valence-electron chi connectivity index (χ4n) is 1.99. The quantitative estimate of drug-likeness (QED) is 0.675. The van der Waals surface area contributed by atoms with E-state index in [9.17, 15) is 0 Å². The van der Waals surface area contributed by atoms with Crippen LogP contribution in [0.4, 0.5) is 0 Å². The summed E-state index contributed by atoms with van der Waals surface area (Å²) in [6.45, 7) is 8.65. The molecule has 0 N–H and O–H groups in total. The molecule has 0 bridgehead atoms. The second-order valence-corrected chi connectivity index (χ2v) is 6.67. The van der Waals surface area contributed by atoms with E-state index in [0.717, 1.165) is 21.5 Å². The van der Waals surface area contributed by atoms with Gasteiger partial charge >= 0.3 is 0 Å². The first kappa shape index (κ1) is 14.1. The molecule has 2 heteroatoms. The Morgan fingerprint density at radius 1 is 0.947 bits per heavy atom. The van der Waals surface area contributed by atoms with Gasteiger partial charge in [-0.2, -0.15) is 0 Å². The number of hydrogen-bond donors (Lipinski definition) is 0. The van der Waals surface area contributed by atoms with Crippen molar-refractivity contribution in [2.75, 3.05) is 0 Å². The first-order valence-corrected chi connectivity index (χ1v) is 7.21. The first-order valence-electron chi connectivity index (χ1n) is 6.41. The van der Waals surface area contributed by atoms with Crippen LogP contribution in [0.15, 0.2) is 46.9 Å². The lowest BCUT2D eigenvalue weighted by molar-refractivity contribution is 0.452. The minimum atomic E-state index is 0.0543. The second-order valence-electron chi connectivity index (χ2n) is 5.76. The molecule has 2 rings (SSSR count). The number of ether oxygens (including phenoxy) is 1. The van der Waals surface area contributed by atoms with E-state index in [-0.39, 0.29) is 5.41 Å². The smallest absolute Gasteiger partial charge is 0.132 e. The highest BCUT2D eigenvalue weighted by atomic mass is 79.9. The molecule has 2 aromatic carbocycles. The van der Waals surface area contributed by atoms with Gasteiger partial charge in [0.05, 0.1) is 0 Å². The van der Waals surface area contributed by atoms with Gasteiger partial charge in [-0.3, -0.25) is 0 Å². The van der Waals surface area contributed by atoms with Crippen molar-refractivity contribution in [2.24, 2.45) is 0 Å². The molecule has 0 saturated heterocycles. The van der Waals surface area contributed by atoms with Gasteiger partial charge in [-0.1, -0.05) is 61.0 Å². The molecule has 0 unspecified atom stereocenters. The summed E-state index contributed by atoms with van der Waals surface area (Å²) in [6, 6.07) is 14.3. The number of halogens is 1. The van der Waals surface area contributed by atoms with E-state index in [0.29, 0.717) is 0 Å². The molecule has 0 atom stereocenters. The molecule has 100 valence electrons. The topological polar surface area (TPSA) is 9.23 Å². The third-order valence-corrected chi connectivity index (χ3v) is 3.56. The Morgan fingerprint density at radius 3 is 2.26 bits per heavy atom. The Bertz CT molecular complexity index is 582. The van der Waals surface area contributed by atoms with Gasteiger partial charge in [-0.15, -0.1) is 0 Å². The maximum Gasteiger partial charge on any atom is 0.132 e. The van der Waals surface area contributed by atoms with Gasteiger partial charge in [-0.25, -0.2) is 0 Å². The van der Waals surface area contributed by atoms with E-state index < -0.39 is 0 Å². The lowest BCUT2D eigenvalue weighted by atomic mass is 9.86. The summed E-state index contributed by atoms with van der Waals surface area (Å²) in [4.78, 5) is 0. The molecular formula is C17H19BrO. The average Bonchev–Trinajstić information content (AvgIpc) is 2.30. The van der Waals surface area contributed by atoms with Crippen LogP contribution in [0.5, 0.6) is 11.5 Å². The van der Waals surface area contributed by atoms with Gasteiger partial charge < -0.3 is 4.74 Å². The molecule has 0 aliphatic heterocycles. The van der Waals surface area contributed by atoms with E-state index in [1.54, 1.807) is 0 Å². The van der Waals surface area contributed by atoms with Crippen LogP contribution in [-0.4, -0.2) is 0 Å². The normalized spacial score (nSPS) is 11.4. The van der Waals surface area contributed by atoms with Crippen LogP contribution < -0.4 is 4.74 Å². The lowest BCUT2D eigenvalue weighted by Crippen LogP contribution is -2.12. The lowest BCUT2D eigenvalue weighted by Gasteiger charge is -2.23. The Morgan fingerprint density at radius 2 is 1.63 bits per heavy atom. The van der Waals surface area contributed by atoms with Crippen LogP contribution >= 0.6 is 15.9 Å². The van der Waals surface area contributed by atoms with Crippen molar-refractivity contribution in [1.82, 2.24) is 0 Å². The number of benzene rings is 2. The zero-order valence-corrected chi connectivity index (χ0v) is 13.4. The molecule has 19 heavy (non-hydrogen) atoms. The largest absolute Gasteiger partial charge is 0.457 e. The second kappa shape index (κ2) is 5.38. The Kier molecular flexibility index (Phi) is 4.00. The van der Waals surface area contributed by atoms with Gasteiger partial charge in [0.2, 0.25) is 0 Å². The molecule has 2 aromatic rings. The monoisotopic (exact) mass is 318 g/mol. The predicted molar refractivity (Wildman–Crippen MR) is 84.1 cm³/mol. The SMILES string of the molecule is Cc1ccccc1Oc1cc(Br)ccc1C(C)(C)C. The summed E-state index contributed by atoms with van der Waals surface area (Å²) >= 11 is 3.51. The minimum Gasteiger partial charge on any atom is -0.457 e. The number of para-hydroxylation sites is 1. The molecule has 0 fully saturated rings. The van der Waals surface area contributed by atoms with E-state index in [1.807, 2.05) is 24.3 Å². The predicted octanol–water partition coefficient (Wildman–Crippen LogP) is 5.85. The van der Waals surface area contributed by atoms with Crippen molar-refractivity contribution in [3.05, 3.63) is 58.1 Å². The summed E-state index contributed by atoms with van der Waals surface area (Å²) < 4.78 is 7.15. The van der Waals surface area contributed by atoms with Crippen LogP contribution in [0.3, 0.4) is 0 Å². The number of hydrogen-bond acceptors (Lipinski definition) is 1. The highest BCUT2D eigenvalue weighted by molar-refractivity contribution is 9.10. The Labute approximate surface area is 123 Å².